The molecule has 0 aliphatic heterocycles. The van der Waals surface area contributed by atoms with E-state index in [0.29, 0.717) is 11.1 Å². The molecule has 0 bridgehead atoms. The number of phenolic OH excluding ortho intramolecular Hbond substituents is 2. The lowest BCUT2D eigenvalue weighted by Crippen LogP contribution is -2.00. The number of benzene rings is 6. The van der Waals surface area contributed by atoms with Crippen LogP contribution >= 0.6 is 0 Å². The fourth-order valence-corrected chi connectivity index (χ4v) is 7.93. The van der Waals surface area contributed by atoms with Crippen molar-refractivity contribution in [1.82, 2.24) is 0 Å². The second kappa shape index (κ2) is 15.0. The first-order valence-electron chi connectivity index (χ1n) is 15.7. The summed E-state index contributed by atoms with van der Waals surface area (Å²) in [5, 5.41) is 37.4. The molecule has 302 valence electrons. The van der Waals surface area contributed by atoms with Gasteiger partial charge in [0.15, 0.2) is 11.5 Å². The van der Waals surface area contributed by atoms with Crippen molar-refractivity contribution in [2.75, 3.05) is 14.2 Å². The van der Waals surface area contributed by atoms with E-state index >= 15 is 0 Å². The van der Waals surface area contributed by atoms with Crippen molar-refractivity contribution in [3.8, 4) is 34.1 Å². The maximum atomic E-state index is 12.0. The number of hydrogen-bond acceptors (Lipinski definition) is 16. The Balaban J connectivity index is 1.38. The van der Waals surface area contributed by atoms with Crippen LogP contribution in [0, 0.1) is 0 Å². The quantitative estimate of drug-likeness (QED) is 0.0569. The van der Waals surface area contributed by atoms with E-state index in [0.717, 1.165) is 48.5 Å². The van der Waals surface area contributed by atoms with E-state index in [-0.39, 0.29) is 44.4 Å². The van der Waals surface area contributed by atoms with E-state index < -0.39 is 82.9 Å². The molecule has 0 aliphatic carbocycles. The second-order valence-electron chi connectivity index (χ2n) is 12.0. The minimum Gasteiger partial charge on any atom is -0.504 e. The monoisotopic (exact) mass is 874 g/mol. The fourth-order valence-electron chi connectivity index (χ4n) is 5.66. The van der Waals surface area contributed by atoms with Crippen LogP contribution in [0.15, 0.2) is 125 Å². The molecule has 6 N–H and O–H groups in total. The SMILES string of the molecule is COc1cc(-c2ccc(N=Nc3c(O)c(S(=O)(=O)O)cc4cc(S(=O)(=O)O)ccc34)c(OC)c2)ccc1N=Nc1c(O)c(S(=O)(=O)O)cc2cc(S(=O)(=O)O)ccc12. The van der Waals surface area contributed by atoms with Crippen LogP contribution < -0.4 is 9.47 Å². The van der Waals surface area contributed by atoms with Gasteiger partial charge in [0.25, 0.3) is 40.5 Å². The number of azo groups is 2. The number of aromatic hydroxyl groups is 2. The Morgan fingerprint density at radius 3 is 1.12 bits per heavy atom. The summed E-state index contributed by atoms with van der Waals surface area (Å²) < 4.78 is 144. The maximum Gasteiger partial charge on any atom is 0.298 e. The zero-order valence-corrected chi connectivity index (χ0v) is 32.5. The molecule has 0 unspecified atom stereocenters. The molecule has 0 aromatic heterocycles. The van der Waals surface area contributed by atoms with E-state index in [1.54, 1.807) is 12.1 Å². The number of phenols is 2. The van der Waals surface area contributed by atoms with Gasteiger partial charge in [0.1, 0.15) is 44.0 Å². The Bertz CT molecular complexity index is 3010. The molecule has 6 aromatic carbocycles. The molecule has 0 spiro atoms. The Labute approximate surface area is 328 Å². The molecular weight excluding hydrogens is 849 g/mol. The van der Waals surface area contributed by atoms with Crippen LogP contribution in [-0.4, -0.2) is 76.3 Å². The summed E-state index contributed by atoms with van der Waals surface area (Å²) >= 11 is 0. The highest BCUT2D eigenvalue weighted by molar-refractivity contribution is 7.86. The van der Waals surface area contributed by atoms with Gasteiger partial charge in [-0.3, -0.25) is 18.2 Å². The van der Waals surface area contributed by atoms with Crippen molar-refractivity contribution in [2.45, 2.75) is 19.6 Å². The van der Waals surface area contributed by atoms with E-state index in [9.17, 15) is 62.1 Å². The third-order valence-corrected chi connectivity index (χ3v) is 11.8. The first-order chi connectivity index (χ1) is 27.0. The van der Waals surface area contributed by atoms with Crippen molar-refractivity contribution in [1.29, 1.82) is 0 Å². The zero-order chi connectivity index (χ0) is 42.5. The third kappa shape index (κ3) is 8.29. The predicted molar refractivity (Wildman–Crippen MR) is 204 cm³/mol. The highest BCUT2D eigenvalue weighted by Crippen LogP contribution is 2.45. The van der Waals surface area contributed by atoms with Gasteiger partial charge in [-0.2, -0.15) is 33.7 Å². The van der Waals surface area contributed by atoms with Gasteiger partial charge in [0, 0.05) is 10.8 Å². The molecule has 58 heavy (non-hydrogen) atoms. The normalized spacial score (nSPS) is 12.9. The topological polar surface area (TPSA) is 326 Å². The molecule has 0 aliphatic rings. The van der Waals surface area contributed by atoms with Crippen LogP contribution in [0.5, 0.6) is 23.0 Å². The lowest BCUT2D eigenvalue weighted by molar-refractivity contribution is 0.415. The summed E-state index contributed by atoms with van der Waals surface area (Å²) in [6, 6.07) is 16.7. The summed E-state index contributed by atoms with van der Waals surface area (Å²) in [5.74, 6) is -1.77. The van der Waals surface area contributed by atoms with E-state index in [1.807, 2.05) is 0 Å². The Hall–Kier alpha value is -6.12. The number of nitrogens with zero attached hydrogens (tertiary/aromatic N) is 4. The van der Waals surface area contributed by atoms with Gasteiger partial charge in [0.05, 0.1) is 24.0 Å². The number of hydrogen-bond donors (Lipinski definition) is 6. The summed E-state index contributed by atoms with van der Waals surface area (Å²) in [4.78, 5) is -3.21. The Kier molecular flexibility index (Phi) is 10.7. The van der Waals surface area contributed by atoms with Gasteiger partial charge in [-0.15, -0.1) is 20.5 Å². The smallest absolute Gasteiger partial charge is 0.298 e. The third-order valence-electron chi connectivity index (χ3n) is 8.40. The van der Waals surface area contributed by atoms with E-state index in [1.165, 1.54) is 38.5 Å². The van der Waals surface area contributed by atoms with Crippen LogP contribution in [-0.2, 0) is 40.5 Å². The molecule has 6 rings (SSSR count). The zero-order valence-electron chi connectivity index (χ0n) is 29.3. The summed E-state index contributed by atoms with van der Waals surface area (Å²) in [6.45, 7) is 0. The largest absolute Gasteiger partial charge is 0.504 e. The Morgan fingerprint density at radius 1 is 0.448 bits per heavy atom. The molecule has 0 amide bonds. The molecule has 0 saturated carbocycles. The van der Waals surface area contributed by atoms with Crippen molar-refractivity contribution >= 4 is 84.8 Å². The predicted octanol–water partition coefficient (Wildman–Crippen LogP) is 6.91. The molecular formula is C34H26N4O16S4. The van der Waals surface area contributed by atoms with Gasteiger partial charge in [-0.25, -0.2) is 0 Å². The van der Waals surface area contributed by atoms with Crippen LogP contribution in [0.3, 0.4) is 0 Å². The van der Waals surface area contributed by atoms with Gasteiger partial charge in [-0.1, -0.05) is 24.3 Å². The van der Waals surface area contributed by atoms with E-state index in [2.05, 4.69) is 20.5 Å². The molecule has 0 heterocycles. The van der Waals surface area contributed by atoms with E-state index in [4.69, 9.17) is 9.47 Å². The maximum absolute atomic E-state index is 12.0. The highest BCUT2D eigenvalue weighted by Gasteiger charge is 2.25. The summed E-state index contributed by atoms with van der Waals surface area (Å²) in [7, 11) is -16.9. The number of fused-ring (bicyclic) bond motifs is 2. The van der Waals surface area contributed by atoms with Crippen molar-refractivity contribution in [2.24, 2.45) is 20.5 Å². The average Bonchev–Trinajstić information content (AvgIpc) is 3.14. The second-order valence-corrected chi connectivity index (χ2v) is 17.6. The lowest BCUT2D eigenvalue weighted by atomic mass is 10.0. The number of rotatable bonds is 11. The highest BCUT2D eigenvalue weighted by atomic mass is 32.2. The molecule has 0 atom stereocenters. The van der Waals surface area contributed by atoms with Gasteiger partial charge < -0.3 is 19.7 Å². The lowest BCUT2D eigenvalue weighted by Gasteiger charge is -2.11. The molecule has 0 saturated heterocycles. The van der Waals surface area contributed by atoms with Crippen molar-refractivity contribution in [3.63, 3.8) is 0 Å². The number of ether oxygens (including phenoxy) is 2. The minimum atomic E-state index is -5.06. The summed E-state index contributed by atoms with van der Waals surface area (Å²) in [6.07, 6.45) is 0. The van der Waals surface area contributed by atoms with Crippen LogP contribution in [0.1, 0.15) is 0 Å². The first kappa shape index (κ1) is 41.5. The minimum absolute atomic E-state index is 0.00166. The fraction of sp³-hybridized carbons (Fsp3) is 0.0588. The van der Waals surface area contributed by atoms with Crippen LogP contribution in [0.2, 0.25) is 0 Å². The van der Waals surface area contributed by atoms with Crippen molar-refractivity contribution < 1.29 is 71.6 Å². The molecule has 20 nitrogen and oxygen atoms in total. The standard InChI is InChI=1S/C34H26N4O16S4/c1-53-27-13-17(3-9-25(27)35-37-31-23-7-5-21(55(41,42)43)11-19(23)15-29(33(31)39)57(47,48)49)18-4-10-26(28(14-18)54-2)36-38-32-24-8-6-22(56(44,45)46)12-20(24)16-30(34(32)40)58(50,51)52/h3-16,39-40H,1-2H3,(H,41,42,43)(H,44,45,46)(H,47,48,49)(H,50,51,52). The van der Waals surface area contributed by atoms with Gasteiger partial charge in [0.2, 0.25) is 0 Å². The first-order valence-corrected chi connectivity index (χ1v) is 21.5. The number of methoxy groups -OCH3 is 2. The van der Waals surface area contributed by atoms with Crippen molar-refractivity contribution in [3.05, 3.63) is 84.9 Å². The van der Waals surface area contributed by atoms with Crippen LogP contribution in [0.25, 0.3) is 32.7 Å². The molecule has 0 radical (unpaired) electrons. The summed E-state index contributed by atoms with van der Waals surface area (Å²) in [5.41, 5.74) is 0.201. The van der Waals surface area contributed by atoms with Gasteiger partial charge in [-0.05, 0) is 82.6 Å². The van der Waals surface area contributed by atoms with Gasteiger partial charge >= 0.3 is 0 Å². The van der Waals surface area contributed by atoms with Crippen LogP contribution in [0.4, 0.5) is 22.7 Å². The molecule has 6 aromatic rings. The Morgan fingerprint density at radius 2 is 0.810 bits per heavy atom. The molecule has 24 heteroatoms. The molecule has 0 fully saturated rings. The average molecular weight is 875 g/mol.